The monoisotopic (exact) mass is 235 g/mol. The van der Waals surface area contributed by atoms with Crippen LogP contribution in [0.15, 0.2) is 18.2 Å². The van der Waals surface area contributed by atoms with Crippen LogP contribution in [0.3, 0.4) is 0 Å². The molecule has 17 heavy (non-hydrogen) atoms. The predicted octanol–water partition coefficient (Wildman–Crippen LogP) is 2.09. The van der Waals surface area contributed by atoms with Crippen LogP contribution in [0.4, 0.5) is 0 Å². The highest BCUT2D eigenvalue weighted by Gasteiger charge is 2.18. The topological polar surface area (TPSA) is 21.7 Å². The number of fused-ring (bicyclic) bond motifs is 1. The normalized spacial score (nSPS) is 15.6. The van der Waals surface area contributed by atoms with Crippen LogP contribution in [0.5, 0.6) is 5.75 Å². The molecule has 0 radical (unpaired) electrons. The zero-order valence-corrected chi connectivity index (χ0v) is 10.7. The molecule has 3 heteroatoms. The molecular formula is C14H21NO2. The zero-order valence-electron chi connectivity index (χ0n) is 10.7. The molecule has 0 aliphatic carbocycles. The van der Waals surface area contributed by atoms with Gasteiger partial charge < -0.3 is 9.47 Å². The number of ether oxygens (including phenoxy) is 2. The van der Waals surface area contributed by atoms with Crippen LogP contribution < -0.4 is 4.74 Å². The van der Waals surface area contributed by atoms with E-state index in [1.165, 1.54) is 11.1 Å². The van der Waals surface area contributed by atoms with Crippen LogP contribution >= 0.6 is 0 Å². The summed E-state index contributed by atoms with van der Waals surface area (Å²) in [6.07, 6.45) is 2.20. The molecule has 0 aromatic heterocycles. The van der Waals surface area contributed by atoms with E-state index in [1.807, 2.05) is 0 Å². The van der Waals surface area contributed by atoms with E-state index in [0.29, 0.717) is 0 Å². The summed E-state index contributed by atoms with van der Waals surface area (Å²) >= 11 is 0. The first kappa shape index (κ1) is 12.4. The van der Waals surface area contributed by atoms with Gasteiger partial charge in [-0.2, -0.15) is 0 Å². The van der Waals surface area contributed by atoms with Crippen molar-refractivity contribution in [2.24, 2.45) is 0 Å². The Kier molecular flexibility index (Phi) is 4.40. The quantitative estimate of drug-likeness (QED) is 0.729. The van der Waals surface area contributed by atoms with Gasteiger partial charge in [0.25, 0.3) is 0 Å². The molecule has 0 bridgehead atoms. The van der Waals surface area contributed by atoms with Gasteiger partial charge in [-0.05, 0) is 30.0 Å². The second-order valence-electron chi connectivity index (χ2n) is 4.47. The summed E-state index contributed by atoms with van der Waals surface area (Å²) in [6, 6.07) is 6.34. The molecule has 0 atom stereocenters. The van der Waals surface area contributed by atoms with Crippen molar-refractivity contribution >= 4 is 0 Å². The van der Waals surface area contributed by atoms with Crippen LogP contribution in [-0.2, 0) is 17.7 Å². The Morgan fingerprint density at radius 3 is 2.94 bits per heavy atom. The lowest BCUT2D eigenvalue weighted by atomic mass is 9.98. The average molecular weight is 235 g/mol. The van der Waals surface area contributed by atoms with E-state index in [0.717, 1.165) is 44.8 Å². The van der Waals surface area contributed by atoms with E-state index in [-0.39, 0.29) is 0 Å². The summed E-state index contributed by atoms with van der Waals surface area (Å²) in [5.74, 6) is 1.04. The van der Waals surface area contributed by atoms with Crippen molar-refractivity contribution in [2.45, 2.75) is 19.4 Å². The number of rotatable bonds is 5. The Bertz CT molecular complexity index is 365. The molecule has 3 nitrogen and oxygen atoms in total. The molecule has 2 rings (SSSR count). The van der Waals surface area contributed by atoms with Crippen molar-refractivity contribution in [2.75, 3.05) is 33.9 Å². The number of hydrogen-bond donors (Lipinski definition) is 0. The van der Waals surface area contributed by atoms with E-state index in [4.69, 9.17) is 9.47 Å². The maximum atomic E-state index is 5.41. The average Bonchev–Trinajstić information content (AvgIpc) is 2.38. The molecule has 1 aliphatic heterocycles. The van der Waals surface area contributed by atoms with Gasteiger partial charge >= 0.3 is 0 Å². The smallest absolute Gasteiger partial charge is 0.122 e. The molecule has 0 fully saturated rings. The van der Waals surface area contributed by atoms with Crippen LogP contribution in [-0.4, -0.2) is 38.8 Å². The molecule has 1 heterocycles. The summed E-state index contributed by atoms with van der Waals surface area (Å²) in [4.78, 5) is 2.49. The van der Waals surface area contributed by atoms with E-state index < -0.39 is 0 Å². The highest BCUT2D eigenvalue weighted by molar-refractivity contribution is 5.41. The fourth-order valence-corrected chi connectivity index (χ4v) is 2.45. The molecule has 0 saturated carbocycles. The van der Waals surface area contributed by atoms with E-state index in [2.05, 4.69) is 23.1 Å². The van der Waals surface area contributed by atoms with Crippen LogP contribution in [0.2, 0.25) is 0 Å². The lowest BCUT2D eigenvalue weighted by molar-refractivity contribution is 0.166. The van der Waals surface area contributed by atoms with Crippen molar-refractivity contribution in [1.29, 1.82) is 0 Å². The third-order valence-corrected chi connectivity index (χ3v) is 3.34. The van der Waals surface area contributed by atoms with Gasteiger partial charge in [-0.3, -0.25) is 4.90 Å². The molecule has 0 unspecified atom stereocenters. The van der Waals surface area contributed by atoms with Crippen molar-refractivity contribution in [1.82, 2.24) is 4.90 Å². The van der Waals surface area contributed by atoms with Gasteiger partial charge in [-0.15, -0.1) is 0 Å². The van der Waals surface area contributed by atoms with Gasteiger partial charge in [0, 0.05) is 33.4 Å². The highest BCUT2D eigenvalue weighted by atomic mass is 16.5. The molecule has 1 aliphatic rings. The van der Waals surface area contributed by atoms with Gasteiger partial charge in [-0.25, -0.2) is 0 Å². The molecule has 0 amide bonds. The number of hydrogen-bond acceptors (Lipinski definition) is 3. The number of nitrogens with zero attached hydrogens (tertiary/aromatic N) is 1. The number of methoxy groups -OCH3 is 2. The fraction of sp³-hybridized carbons (Fsp3) is 0.571. The Morgan fingerprint density at radius 2 is 2.18 bits per heavy atom. The van der Waals surface area contributed by atoms with Crippen LogP contribution in [0, 0.1) is 0 Å². The van der Waals surface area contributed by atoms with Gasteiger partial charge in [0.2, 0.25) is 0 Å². The first-order valence-corrected chi connectivity index (χ1v) is 6.21. The van der Waals surface area contributed by atoms with E-state index in [1.54, 1.807) is 14.2 Å². The molecule has 0 spiro atoms. The zero-order chi connectivity index (χ0) is 12.1. The predicted molar refractivity (Wildman–Crippen MR) is 68.5 cm³/mol. The molecule has 1 aromatic carbocycles. The fourth-order valence-electron chi connectivity index (χ4n) is 2.45. The third kappa shape index (κ3) is 2.99. The minimum absolute atomic E-state index is 0.849. The van der Waals surface area contributed by atoms with Gasteiger partial charge in [0.1, 0.15) is 5.75 Å². The standard InChI is InChI=1S/C14H21NO2/c1-16-10-4-8-15-9-7-13-12(11-15)5-3-6-14(13)17-2/h3,5-6H,4,7-11H2,1-2H3. The van der Waals surface area contributed by atoms with E-state index >= 15 is 0 Å². The Balaban J connectivity index is 1.99. The molecular weight excluding hydrogens is 214 g/mol. The Labute approximate surface area is 103 Å². The highest BCUT2D eigenvalue weighted by Crippen LogP contribution is 2.27. The maximum Gasteiger partial charge on any atom is 0.122 e. The Hall–Kier alpha value is -1.06. The molecule has 1 aromatic rings. The first-order chi connectivity index (χ1) is 8.35. The minimum atomic E-state index is 0.849. The largest absolute Gasteiger partial charge is 0.496 e. The van der Waals surface area contributed by atoms with Crippen LogP contribution in [0.1, 0.15) is 17.5 Å². The van der Waals surface area contributed by atoms with Gasteiger partial charge in [0.05, 0.1) is 7.11 Å². The van der Waals surface area contributed by atoms with Crippen molar-refractivity contribution in [3.8, 4) is 5.75 Å². The summed E-state index contributed by atoms with van der Waals surface area (Å²) in [7, 11) is 3.51. The van der Waals surface area contributed by atoms with Crippen LogP contribution in [0.25, 0.3) is 0 Å². The summed E-state index contributed by atoms with van der Waals surface area (Å²) in [5, 5.41) is 0. The summed E-state index contributed by atoms with van der Waals surface area (Å²) in [5.41, 5.74) is 2.80. The second-order valence-corrected chi connectivity index (χ2v) is 4.47. The lowest BCUT2D eigenvalue weighted by Crippen LogP contribution is -2.32. The van der Waals surface area contributed by atoms with Gasteiger partial charge in [-0.1, -0.05) is 12.1 Å². The molecule has 0 saturated heterocycles. The lowest BCUT2D eigenvalue weighted by Gasteiger charge is -2.29. The summed E-state index contributed by atoms with van der Waals surface area (Å²) in [6.45, 7) is 4.12. The van der Waals surface area contributed by atoms with Crippen molar-refractivity contribution in [3.05, 3.63) is 29.3 Å². The first-order valence-electron chi connectivity index (χ1n) is 6.21. The van der Waals surface area contributed by atoms with E-state index in [9.17, 15) is 0 Å². The Morgan fingerprint density at radius 1 is 1.29 bits per heavy atom. The molecule has 0 N–H and O–H groups in total. The SMILES string of the molecule is COCCCN1CCc2c(cccc2OC)C1. The molecule has 94 valence electrons. The minimum Gasteiger partial charge on any atom is -0.496 e. The summed E-state index contributed by atoms with van der Waals surface area (Å²) < 4.78 is 10.5. The van der Waals surface area contributed by atoms with Crippen molar-refractivity contribution < 1.29 is 9.47 Å². The number of benzene rings is 1. The maximum absolute atomic E-state index is 5.41. The van der Waals surface area contributed by atoms with Crippen molar-refractivity contribution in [3.63, 3.8) is 0 Å². The second kappa shape index (κ2) is 6.03. The third-order valence-electron chi connectivity index (χ3n) is 3.34. The van der Waals surface area contributed by atoms with Gasteiger partial charge in [0.15, 0.2) is 0 Å².